The standard InChI is InChI=1S/C19H26N2O/c1-13(21-10-2-3-11-21)19(22)20-18-16-8-4-6-14(16)12-15-7-5-9-17(15)18/h12-13H,2-11H2,1H3,(H,20,22)/p+1/t13-/m1/s1. The molecule has 4 rings (SSSR count). The third kappa shape index (κ3) is 2.36. The lowest BCUT2D eigenvalue weighted by Crippen LogP contribution is -3.14. The van der Waals surface area contributed by atoms with Crippen LogP contribution in [0.5, 0.6) is 0 Å². The topological polar surface area (TPSA) is 33.5 Å². The summed E-state index contributed by atoms with van der Waals surface area (Å²) in [6, 6.07) is 2.51. The monoisotopic (exact) mass is 299 g/mol. The highest BCUT2D eigenvalue weighted by Gasteiger charge is 2.30. The highest BCUT2D eigenvalue weighted by Crippen LogP contribution is 2.38. The second-order valence-electron chi connectivity index (χ2n) is 7.31. The van der Waals surface area contributed by atoms with Gasteiger partial charge in [0.05, 0.1) is 13.1 Å². The minimum atomic E-state index is 0.0804. The highest BCUT2D eigenvalue weighted by molar-refractivity contribution is 5.95. The van der Waals surface area contributed by atoms with E-state index in [9.17, 15) is 4.79 Å². The van der Waals surface area contributed by atoms with Crippen molar-refractivity contribution in [1.29, 1.82) is 0 Å². The van der Waals surface area contributed by atoms with Gasteiger partial charge < -0.3 is 10.2 Å². The van der Waals surface area contributed by atoms with E-state index in [1.807, 2.05) is 0 Å². The molecule has 1 atom stereocenters. The smallest absolute Gasteiger partial charge is 0.282 e. The third-order valence-corrected chi connectivity index (χ3v) is 5.97. The Morgan fingerprint density at radius 2 is 1.59 bits per heavy atom. The maximum absolute atomic E-state index is 12.8. The van der Waals surface area contributed by atoms with Gasteiger partial charge in [-0.15, -0.1) is 0 Å². The van der Waals surface area contributed by atoms with Gasteiger partial charge in [-0.25, -0.2) is 0 Å². The number of likely N-dealkylation sites (tertiary alicyclic amines) is 1. The molecule has 1 amide bonds. The molecule has 0 bridgehead atoms. The van der Waals surface area contributed by atoms with Crippen LogP contribution in [0.2, 0.25) is 0 Å². The van der Waals surface area contributed by atoms with Crippen LogP contribution in [0.3, 0.4) is 0 Å². The van der Waals surface area contributed by atoms with Crippen LogP contribution in [0.4, 0.5) is 5.69 Å². The molecule has 0 spiro atoms. The summed E-state index contributed by atoms with van der Waals surface area (Å²) in [5.41, 5.74) is 7.09. The van der Waals surface area contributed by atoms with Crippen molar-refractivity contribution in [2.75, 3.05) is 18.4 Å². The third-order valence-electron chi connectivity index (χ3n) is 5.97. The van der Waals surface area contributed by atoms with Gasteiger partial charge in [-0.1, -0.05) is 6.07 Å². The second kappa shape index (κ2) is 5.69. The Labute approximate surface area is 133 Å². The van der Waals surface area contributed by atoms with Crippen LogP contribution in [0.15, 0.2) is 6.07 Å². The van der Waals surface area contributed by atoms with E-state index in [-0.39, 0.29) is 11.9 Å². The van der Waals surface area contributed by atoms with Crippen molar-refractivity contribution in [2.24, 2.45) is 0 Å². The molecule has 0 unspecified atom stereocenters. The SMILES string of the molecule is C[C@H](C(=O)Nc1c2c(cc3c1CCC3)CCC2)[NH+]1CCCC1. The van der Waals surface area contributed by atoms with Crippen molar-refractivity contribution in [3.8, 4) is 0 Å². The zero-order valence-electron chi connectivity index (χ0n) is 13.6. The predicted octanol–water partition coefficient (Wildman–Crippen LogP) is 1.67. The van der Waals surface area contributed by atoms with Gasteiger partial charge in [-0.2, -0.15) is 0 Å². The largest absolute Gasteiger partial charge is 0.325 e. The van der Waals surface area contributed by atoms with Crippen LogP contribution in [0.25, 0.3) is 0 Å². The average molecular weight is 299 g/mol. The van der Waals surface area contributed by atoms with Gasteiger partial charge in [0.1, 0.15) is 0 Å². The number of hydrogen-bond acceptors (Lipinski definition) is 1. The number of carbonyl (C=O) groups excluding carboxylic acids is 1. The second-order valence-corrected chi connectivity index (χ2v) is 7.31. The average Bonchev–Trinajstić information content (AvgIpc) is 3.26. The Morgan fingerprint density at radius 3 is 2.18 bits per heavy atom. The maximum atomic E-state index is 12.8. The molecule has 0 aromatic heterocycles. The summed E-state index contributed by atoms with van der Waals surface area (Å²) in [7, 11) is 0. The van der Waals surface area contributed by atoms with E-state index in [2.05, 4.69) is 18.3 Å². The van der Waals surface area contributed by atoms with Crippen LogP contribution in [-0.2, 0) is 30.5 Å². The molecule has 3 nitrogen and oxygen atoms in total. The molecular formula is C19H27N2O+. The molecule has 1 fully saturated rings. The quantitative estimate of drug-likeness (QED) is 0.874. The first-order valence-electron chi connectivity index (χ1n) is 9.06. The number of anilines is 1. The highest BCUT2D eigenvalue weighted by atomic mass is 16.2. The van der Waals surface area contributed by atoms with E-state index in [0.29, 0.717) is 0 Å². The Balaban J connectivity index is 1.61. The van der Waals surface area contributed by atoms with Gasteiger partial charge in [0.15, 0.2) is 6.04 Å². The molecule has 0 radical (unpaired) electrons. The molecule has 3 aliphatic rings. The predicted molar refractivity (Wildman–Crippen MR) is 88.5 cm³/mol. The van der Waals surface area contributed by atoms with Gasteiger partial charge in [-0.3, -0.25) is 4.79 Å². The van der Waals surface area contributed by atoms with E-state index in [4.69, 9.17) is 0 Å². The first-order valence-corrected chi connectivity index (χ1v) is 9.06. The van der Waals surface area contributed by atoms with Gasteiger partial charge in [0.2, 0.25) is 0 Å². The van der Waals surface area contributed by atoms with Crippen molar-refractivity contribution in [1.82, 2.24) is 0 Å². The number of quaternary nitrogens is 1. The Morgan fingerprint density at radius 1 is 1.00 bits per heavy atom. The number of hydrogen-bond donors (Lipinski definition) is 2. The normalized spacial score (nSPS) is 21.7. The first-order chi connectivity index (χ1) is 10.7. The van der Waals surface area contributed by atoms with Crippen molar-refractivity contribution >= 4 is 11.6 Å². The zero-order chi connectivity index (χ0) is 15.1. The summed E-state index contributed by atoms with van der Waals surface area (Å²) < 4.78 is 0. The zero-order valence-corrected chi connectivity index (χ0v) is 13.6. The molecular weight excluding hydrogens is 272 g/mol. The van der Waals surface area contributed by atoms with Crippen molar-refractivity contribution < 1.29 is 9.69 Å². The summed E-state index contributed by atoms with van der Waals surface area (Å²) in [4.78, 5) is 14.2. The van der Waals surface area contributed by atoms with E-state index >= 15 is 0 Å². The number of carbonyl (C=O) groups is 1. The summed E-state index contributed by atoms with van der Waals surface area (Å²) in [6.07, 6.45) is 9.69. The Hall–Kier alpha value is -1.35. The summed E-state index contributed by atoms with van der Waals surface area (Å²) in [5, 5.41) is 3.36. The number of fused-ring (bicyclic) bond motifs is 2. The fourth-order valence-electron chi connectivity index (χ4n) is 4.65. The molecule has 2 aliphatic carbocycles. The van der Waals surface area contributed by atoms with Gasteiger partial charge in [-0.05, 0) is 67.7 Å². The lowest BCUT2D eigenvalue weighted by Gasteiger charge is -2.22. The minimum absolute atomic E-state index is 0.0804. The molecule has 1 aromatic carbocycles. The fraction of sp³-hybridized carbons (Fsp3) is 0.632. The van der Waals surface area contributed by atoms with Gasteiger partial charge >= 0.3 is 0 Å². The summed E-state index contributed by atoms with van der Waals surface area (Å²) in [6.45, 7) is 4.40. The number of rotatable bonds is 3. The van der Waals surface area contributed by atoms with E-state index in [1.165, 1.54) is 71.4 Å². The molecule has 0 saturated carbocycles. The number of aryl methyl sites for hydroxylation is 2. The number of benzene rings is 1. The lowest BCUT2D eigenvalue weighted by atomic mass is 9.98. The van der Waals surface area contributed by atoms with E-state index < -0.39 is 0 Å². The van der Waals surface area contributed by atoms with E-state index in [1.54, 1.807) is 0 Å². The molecule has 2 N–H and O–H groups in total. The van der Waals surface area contributed by atoms with Crippen LogP contribution in [0, 0.1) is 0 Å². The molecule has 22 heavy (non-hydrogen) atoms. The molecule has 1 heterocycles. The van der Waals surface area contributed by atoms with Crippen LogP contribution in [0.1, 0.15) is 54.9 Å². The van der Waals surface area contributed by atoms with Crippen LogP contribution >= 0.6 is 0 Å². The van der Waals surface area contributed by atoms with Gasteiger partial charge in [0.25, 0.3) is 5.91 Å². The summed E-state index contributed by atoms with van der Waals surface area (Å²) >= 11 is 0. The minimum Gasteiger partial charge on any atom is -0.325 e. The summed E-state index contributed by atoms with van der Waals surface area (Å²) in [5.74, 6) is 0.228. The maximum Gasteiger partial charge on any atom is 0.282 e. The Kier molecular flexibility index (Phi) is 3.69. The molecule has 1 aromatic rings. The first kappa shape index (κ1) is 14.3. The number of amides is 1. The lowest BCUT2D eigenvalue weighted by molar-refractivity contribution is -0.901. The van der Waals surface area contributed by atoms with Crippen molar-refractivity contribution in [2.45, 2.75) is 64.3 Å². The molecule has 3 heteroatoms. The number of nitrogens with one attached hydrogen (secondary N) is 2. The van der Waals surface area contributed by atoms with Crippen molar-refractivity contribution in [3.05, 3.63) is 28.3 Å². The van der Waals surface area contributed by atoms with Gasteiger partial charge in [0, 0.05) is 18.5 Å². The van der Waals surface area contributed by atoms with Crippen molar-refractivity contribution in [3.63, 3.8) is 0 Å². The molecule has 1 saturated heterocycles. The fourth-order valence-corrected chi connectivity index (χ4v) is 4.65. The molecule has 1 aliphatic heterocycles. The van der Waals surface area contributed by atoms with Crippen LogP contribution in [-0.4, -0.2) is 25.0 Å². The van der Waals surface area contributed by atoms with E-state index in [0.717, 1.165) is 25.9 Å². The molecule has 118 valence electrons. The van der Waals surface area contributed by atoms with Crippen LogP contribution < -0.4 is 10.2 Å². The Bertz CT molecular complexity index is 570.